The number of aliphatic hydroxyl groups is 3. The van der Waals surface area contributed by atoms with Crippen molar-refractivity contribution in [1.29, 1.82) is 0 Å². The molecule has 1 saturated heterocycles. The Balaban J connectivity index is 2.53. The molecule has 0 aromatic carbocycles. The summed E-state index contributed by atoms with van der Waals surface area (Å²) in [4.78, 5) is 0. The van der Waals surface area contributed by atoms with Gasteiger partial charge in [-0.2, -0.15) is 0 Å². The number of hydrogen-bond acceptors (Lipinski definition) is 4. The third kappa shape index (κ3) is 1.18. The maximum Gasteiger partial charge on any atom is 0.112 e. The van der Waals surface area contributed by atoms with Gasteiger partial charge in [-0.25, -0.2) is 0 Å². The van der Waals surface area contributed by atoms with Gasteiger partial charge < -0.3 is 20.1 Å². The summed E-state index contributed by atoms with van der Waals surface area (Å²) < 4.78 is 4.76. The van der Waals surface area contributed by atoms with E-state index >= 15 is 0 Å². The van der Waals surface area contributed by atoms with Gasteiger partial charge in [0.2, 0.25) is 0 Å². The van der Waals surface area contributed by atoms with E-state index in [-0.39, 0.29) is 6.61 Å². The molecule has 0 amide bonds. The van der Waals surface area contributed by atoms with Crippen LogP contribution in [0.15, 0.2) is 0 Å². The van der Waals surface area contributed by atoms with E-state index < -0.39 is 24.3 Å². The lowest BCUT2D eigenvalue weighted by Crippen LogP contribution is -2.33. The van der Waals surface area contributed by atoms with E-state index in [1.807, 2.05) is 0 Å². The molecule has 1 fully saturated rings. The molecule has 0 aromatic rings. The topological polar surface area (TPSA) is 69.9 Å². The molecule has 5 heteroatoms. The maximum absolute atomic E-state index is 9.01. The van der Waals surface area contributed by atoms with E-state index in [0.717, 1.165) is 0 Å². The highest BCUT2D eigenvalue weighted by atomic mass is 16.5. The lowest BCUT2D eigenvalue weighted by atomic mass is 9.93. The molecule has 0 aromatic heterocycles. The van der Waals surface area contributed by atoms with E-state index in [1.54, 1.807) is 0 Å². The summed E-state index contributed by atoms with van der Waals surface area (Å²) >= 11 is 0. The molecule has 0 bridgehead atoms. The van der Waals surface area contributed by atoms with Gasteiger partial charge in [-0.1, -0.05) is 0 Å². The van der Waals surface area contributed by atoms with Crippen LogP contribution in [0.4, 0.5) is 0 Å². The van der Waals surface area contributed by atoms with Gasteiger partial charge in [0.15, 0.2) is 0 Å². The fourth-order valence-corrected chi connectivity index (χ4v) is 0.928. The van der Waals surface area contributed by atoms with Gasteiger partial charge >= 0.3 is 0 Å². The van der Waals surface area contributed by atoms with Crippen LogP contribution in [0.2, 0.25) is 0 Å². The Kier molecular flexibility index (Phi) is 2.30. The van der Waals surface area contributed by atoms with Gasteiger partial charge in [0.25, 0.3) is 0 Å². The van der Waals surface area contributed by atoms with E-state index in [2.05, 4.69) is 0 Å². The van der Waals surface area contributed by atoms with Gasteiger partial charge in [-0.3, -0.25) is 0 Å². The van der Waals surface area contributed by atoms with Gasteiger partial charge in [0.05, 0.1) is 12.7 Å². The fourth-order valence-electron chi connectivity index (χ4n) is 0.928. The average molecular weight is 144 g/mol. The van der Waals surface area contributed by atoms with Crippen LogP contribution in [-0.4, -0.2) is 54.1 Å². The summed E-state index contributed by atoms with van der Waals surface area (Å²) in [6.07, 6.45) is -2.90. The van der Waals surface area contributed by atoms with Crippen molar-refractivity contribution in [2.75, 3.05) is 6.61 Å². The minimum Gasteiger partial charge on any atom is -0.394 e. The lowest BCUT2D eigenvalue weighted by Gasteiger charge is -2.10. The van der Waals surface area contributed by atoms with E-state index in [9.17, 15) is 0 Å². The lowest BCUT2D eigenvalue weighted by molar-refractivity contribution is -0.00875. The first kappa shape index (κ1) is 8.01. The zero-order valence-corrected chi connectivity index (χ0v) is 5.34. The van der Waals surface area contributed by atoms with Crippen molar-refractivity contribution < 1.29 is 20.1 Å². The first-order valence-corrected chi connectivity index (χ1v) is 3.05. The van der Waals surface area contributed by atoms with Crippen LogP contribution < -0.4 is 0 Å². The van der Waals surface area contributed by atoms with Crippen molar-refractivity contribution in [3.8, 4) is 0 Å². The number of ether oxygens (including phenoxy) is 1. The molecule has 1 rings (SSSR count). The standard InChI is InChI=1S/C5H9BO4/c6-5-4(9)3(8)2(1-7)10-5/h2-5,7-9H,1H2/t2?,3-,4?,5+/m0/s1. The summed E-state index contributed by atoms with van der Waals surface area (Å²) in [5.41, 5.74) is 0. The fraction of sp³-hybridized carbons (Fsp3) is 1.00. The van der Waals surface area contributed by atoms with Gasteiger partial charge in [-0.15, -0.1) is 0 Å². The number of aliphatic hydroxyl groups excluding tert-OH is 3. The quantitative estimate of drug-likeness (QED) is 0.358. The monoisotopic (exact) mass is 144 g/mol. The Hall–Kier alpha value is -0.0951. The van der Waals surface area contributed by atoms with E-state index in [4.69, 9.17) is 27.9 Å². The molecule has 2 radical (unpaired) electrons. The molecular formula is C5H9BO4. The Morgan fingerprint density at radius 2 is 1.90 bits per heavy atom. The van der Waals surface area contributed by atoms with Crippen LogP contribution in [0.3, 0.4) is 0 Å². The molecule has 2 unspecified atom stereocenters. The Labute approximate surface area is 59.8 Å². The van der Waals surface area contributed by atoms with Crippen LogP contribution in [-0.2, 0) is 4.74 Å². The molecular weight excluding hydrogens is 135 g/mol. The average Bonchev–Trinajstić information content (AvgIpc) is 2.17. The van der Waals surface area contributed by atoms with Crippen LogP contribution in [0.5, 0.6) is 0 Å². The minimum atomic E-state index is -1.09. The smallest absolute Gasteiger partial charge is 0.112 e. The highest BCUT2D eigenvalue weighted by molar-refractivity contribution is 6.11. The molecule has 4 atom stereocenters. The molecule has 4 nitrogen and oxygen atoms in total. The normalized spacial score (nSPS) is 47.9. The molecule has 0 saturated carbocycles. The molecule has 3 N–H and O–H groups in total. The summed E-state index contributed by atoms with van der Waals surface area (Å²) in [5.74, 6) is 0. The van der Waals surface area contributed by atoms with Crippen molar-refractivity contribution in [3.63, 3.8) is 0 Å². The first-order chi connectivity index (χ1) is 4.66. The molecule has 0 aliphatic carbocycles. The second-order valence-corrected chi connectivity index (χ2v) is 2.30. The van der Waals surface area contributed by atoms with Crippen molar-refractivity contribution >= 4 is 7.85 Å². The van der Waals surface area contributed by atoms with Crippen molar-refractivity contribution in [3.05, 3.63) is 0 Å². The van der Waals surface area contributed by atoms with Crippen LogP contribution in [0.25, 0.3) is 0 Å². The van der Waals surface area contributed by atoms with E-state index in [1.165, 1.54) is 0 Å². The van der Waals surface area contributed by atoms with Crippen molar-refractivity contribution in [2.45, 2.75) is 24.3 Å². The van der Waals surface area contributed by atoms with Crippen molar-refractivity contribution in [2.24, 2.45) is 0 Å². The zero-order valence-electron chi connectivity index (χ0n) is 5.34. The molecule has 1 aliphatic rings. The highest BCUT2D eigenvalue weighted by Gasteiger charge is 2.38. The molecule has 56 valence electrons. The summed E-state index contributed by atoms with van der Waals surface area (Å²) in [7, 11) is 5.19. The summed E-state index contributed by atoms with van der Waals surface area (Å²) in [6.45, 7) is -0.327. The predicted octanol–water partition coefficient (Wildman–Crippen LogP) is -2.41. The summed E-state index contributed by atoms with van der Waals surface area (Å²) in [6, 6.07) is -0.882. The van der Waals surface area contributed by atoms with Crippen LogP contribution >= 0.6 is 0 Å². The van der Waals surface area contributed by atoms with Gasteiger partial charge in [-0.05, 0) is 0 Å². The Morgan fingerprint density at radius 3 is 2.10 bits per heavy atom. The maximum atomic E-state index is 9.01. The summed E-state index contributed by atoms with van der Waals surface area (Å²) in [5, 5.41) is 26.5. The largest absolute Gasteiger partial charge is 0.394 e. The number of hydrogen-bond donors (Lipinski definition) is 3. The van der Waals surface area contributed by atoms with Crippen molar-refractivity contribution in [1.82, 2.24) is 0 Å². The van der Waals surface area contributed by atoms with Gasteiger partial charge in [0.1, 0.15) is 20.1 Å². The van der Waals surface area contributed by atoms with E-state index in [0.29, 0.717) is 0 Å². The number of rotatable bonds is 1. The van der Waals surface area contributed by atoms with Crippen LogP contribution in [0.1, 0.15) is 0 Å². The second-order valence-electron chi connectivity index (χ2n) is 2.30. The third-order valence-corrected chi connectivity index (χ3v) is 1.58. The minimum absolute atomic E-state index is 0.327. The Bertz CT molecular complexity index is 120. The third-order valence-electron chi connectivity index (χ3n) is 1.58. The second kappa shape index (κ2) is 2.88. The molecule has 10 heavy (non-hydrogen) atoms. The predicted molar refractivity (Wildman–Crippen MR) is 33.5 cm³/mol. The van der Waals surface area contributed by atoms with Gasteiger partial charge in [0, 0.05) is 6.00 Å². The highest BCUT2D eigenvalue weighted by Crippen LogP contribution is 2.18. The molecule has 1 aliphatic heterocycles. The van der Waals surface area contributed by atoms with Crippen LogP contribution in [0, 0.1) is 0 Å². The zero-order chi connectivity index (χ0) is 7.72. The molecule has 0 spiro atoms. The first-order valence-electron chi connectivity index (χ1n) is 3.05. The SMILES string of the molecule is [B][C@@H]1OC(CO)[C@H](O)C1O. The Morgan fingerprint density at radius 1 is 1.30 bits per heavy atom. The molecule has 1 heterocycles.